The molecule has 0 nitrogen and oxygen atoms in total. The van der Waals surface area contributed by atoms with Crippen molar-refractivity contribution in [1.29, 1.82) is 0 Å². The SMILES string of the molecule is CCCCCC1CCC(c2ccc(Cc3ccc(C(F)(F)F)cc3)cc2)CC1. The summed E-state index contributed by atoms with van der Waals surface area (Å²) >= 11 is 0. The Morgan fingerprint density at radius 3 is 1.89 bits per heavy atom. The third kappa shape index (κ3) is 5.86. The van der Waals surface area contributed by atoms with Gasteiger partial charge in [0.05, 0.1) is 5.56 Å². The van der Waals surface area contributed by atoms with Crippen LogP contribution in [-0.2, 0) is 12.6 Å². The van der Waals surface area contributed by atoms with Crippen LogP contribution in [0.25, 0.3) is 0 Å². The minimum atomic E-state index is -4.27. The molecule has 3 heteroatoms. The fourth-order valence-corrected chi connectivity index (χ4v) is 4.42. The topological polar surface area (TPSA) is 0 Å². The Labute approximate surface area is 167 Å². The number of hydrogen-bond donors (Lipinski definition) is 0. The van der Waals surface area contributed by atoms with E-state index in [2.05, 4.69) is 31.2 Å². The summed E-state index contributed by atoms with van der Waals surface area (Å²) in [5, 5.41) is 0. The van der Waals surface area contributed by atoms with Gasteiger partial charge in [0, 0.05) is 0 Å². The molecule has 1 aliphatic rings. The van der Waals surface area contributed by atoms with Gasteiger partial charge in [-0.05, 0) is 72.8 Å². The van der Waals surface area contributed by atoms with Gasteiger partial charge >= 0.3 is 6.18 Å². The van der Waals surface area contributed by atoms with Crippen LogP contribution in [0.15, 0.2) is 48.5 Å². The lowest BCUT2D eigenvalue weighted by molar-refractivity contribution is -0.137. The van der Waals surface area contributed by atoms with Gasteiger partial charge in [-0.3, -0.25) is 0 Å². The predicted octanol–water partition coefficient (Wildman–Crippen LogP) is 8.15. The zero-order valence-electron chi connectivity index (χ0n) is 16.8. The molecule has 1 aliphatic carbocycles. The van der Waals surface area contributed by atoms with Crippen molar-refractivity contribution < 1.29 is 13.2 Å². The Hall–Kier alpha value is -1.77. The van der Waals surface area contributed by atoms with E-state index in [0.29, 0.717) is 12.3 Å². The van der Waals surface area contributed by atoms with E-state index in [-0.39, 0.29) is 0 Å². The molecule has 0 aliphatic heterocycles. The Bertz CT molecular complexity index is 705. The number of rotatable bonds is 7. The lowest BCUT2D eigenvalue weighted by Gasteiger charge is -2.29. The number of unbranched alkanes of at least 4 members (excludes halogenated alkanes) is 2. The van der Waals surface area contributed by atoms with Crippen LogP contribution in [0.1, 0.15) is 86.5 Å². The minimum absolute atomic E-state index is 0.586. The molecule has 0 N–H and O–H groups in total. The van der Waals surface area contributed by atoms with Gasteiger partial charge in [-0.25, -0.2) is 0 Å². The maximum Gasteiger partial charge on any atom is 0.416 e. The first kappa shape index (κ1) is 21.0. The molecular formula is C25H31F3. The molecule has 0 bridgehead atoms. The molecule has 2 aromatic carbocycles. The second kappa shape index (κ2) is 9.62. The van der Waals surface area contributed by atoms with Crippen LogP contribution in [0, 0.1) is 5.92 Å². The standard InChI is InChI=1S/C25H31F3/c1-2-3-4-5-19-6-12-22(13-7-19)23-14-8-20(9-15-23)18-21-10-16-24(17-11-21)25(26,27)28/h8-11,14-17,19,22H,2-7,12-13,18H2,1H3. The van der Waals surface area contributed by atoms with E-state index in [1.807, 2.05) is 0 Å². The summed E-state index contributed by atoms with van der Waals surface area (Å²) in [7, 11) is 0. The van der Waals surface area contributed by atoms with E-state index in [4.69, 9.17) is 0 Å². The summed E-state index contributed by atoms with van der Waals surface area (Å²) in [6, 6.07) is 14.2. The van der Waals surface area contributed by atoms with Crippen LogP contribution in [0.5, 0.6) is 0 Å². The molecule has 0 radical (unpaired) electrons. The second-order valence-corrected chi connectivity index (χ2v) is 8.33. The van der Waals surface area contributed by atoms with Gasteiger partial charge in [-0.15, -0.1) is 0 Å². The van der Waals surface area contributed by atoms with Crippen LogP contribution in [-0.4, -0.2) is 0 Å². The van der Waals surface area contributed by atoms with Crippen molar-refractivity contribution >= 4 is 0 Å². The van der Waals surface area contributed by atoms with E-state index >= 15 is 0 Å². The van der Waals surface area contributed by atoms with E-state index < -0.39 is 11.7 Å². The quantitative estimate of drug-likeness (QED) is 0.420. The van der Waals surface area contributed by atoms with Gasteiger partial charge in [-0.1, -0.05) is 69.0 Å². The fraction of sp³-hybridized carbons (Fsp3) is 0.520. The highest BCUT2D eigenvalue weighted by molar-refractivity contribution is 5.32. The highest BCUT2D eigenvalue weighted by atomic mass is 19.4. The molecule has 0 saturated heterocycles. The first-order chi connectivity index (χ1) is 13.5. The summed E-state index contributed by atoms with van der Waals surface area (Å²) in [5.41, 5.74) is 2.89. The third-order valence-corrected chi connectivity index (χ3v) is 6.20. The van der Waals surface area contributed by atoms with Crippen molar-refractivity contribution in [2.75, 3.05) is 0 Å². The molecule has 3 rings (SSSR count). The lowest BCUT2D eigenvalue weighted by atomic mass is 9.77. The van der Waals surface area contributed by atoms with Crippen LogP contribution < -0.4 is 0 Å². The molecule has 28 heavy (non-hydrogen) atoms. The fourth-order valence-electron chi connectivity index (χ4n) is 4.42. The molecule has 0 spiro atoms. The molecule has 2 aromatic rings. The largest absolute Gasteiger partial charge is 0.416 e. The van der Waals surface area contributed by atoms with Gasteiger partial charge in [-0.2, -0.15) is 13.2 Å². The maximum atomic E-state index is 12.7. The zero-order valence-corrected chi connectivity index (χ0v) is 16.8. The molecular weight excluding hydrogens is 357 g/mol. The van der Waals surface area contributed by atoms with E-state index in [0.717, 1.165) is 17.0 Å². The van der Waals surface area contributed by atoms with Crippen molar-refractivity contribution in [3.63, 3.8) is 0 Å². The Morgan fingerprint density at radius 2 is 1.36 bits per heavy atom. The molecule has 1 fully saturated rings. The zero-order chi connectivity index (χ0) is 20.0. The molecule has 0 aromatic heterocycles. The van der Waals surface area contributed by atoms with Crippen molar-refractivity contribution in [3.8, 4) is 0 Å². The van der Waals surface area contributed by atoms with Crippen LogP contribution in [0.4, 0.5) is 13.2 Å². The maximum absolute atomic E-state index is 12.7. The number of halogens is 3. The van der Waals surface area contributed by atoms with E-state index in [1.165, 1.54) is 69.1 Å². The van der Waals surface area contributed by atoms with Crippen molar-refractivity contribution in [1.82, 2.24) is 0 Å². The van der Waals surface area contributed by atoms with Crippen molar-refractivity contribution in [2.45, 2.75) is 76.8 Å². The highest BCUT2D eigenvalue weighted by Gasteiger charge is 2.29. The smallest absolute Gasteiger partial charge is 0.166 e. The first-order valence-electron chi connectivity index (χ1n) is 10.7. The Balaban J connectivity index is 1.51. The van der Waals surface area contributed by atoms with Crippen molar-refractivity contribution in [2.24, 2.45) is 5.92 Å². The summed E-state index contributed by atoms with van der Waals surface area (Å²) < 4.78 is 38.0. The number of alkyl halides is 3. The first-order valence-corrected chi connectivity index (χ1v) is 10.7. The molecule has 0 atom stereocenters. The Morgan fingerprint density at radius 1 is 0.786 bits per heavy atom. The summed E-state index contributed by atoms with van der Waals surface area (Å²) in [6.07, 6.45) is 7.11. The van der Waals surface area contributed by atoms with Gasteiger partial charge in [0.15, 0.2) is 0 Å². The number of hydrogen-bond acceptors (Lipinski definition) is 0. The molecule has 0 unspecified atom stereocenters. The highest BCUT2D eigenvalue weighted by Crippen LogP contribution is 2.38. The van der Waals surface area contributed by atoms with Crippen LogP contribution in [0.3, 0.4) is 0 Å². The van der Waals surface area contributed by atoms with Gasteiger partial charge in [0.25, 0.3) is 0 Å². The molecule has 152 valence electrons. The third-order valence-electron chi connectivity index (χ3n) is 6.20. The minimum Gasteiger partial charge on any atom is -0.166 e. The normalized spacial score (nSPS) is 20.3. The average Bonchev–Trinajstić information content (AvgIpc) is 2.69. The average molecular weight is 389 g/mol. The van der Waals surface area contributed by atoms with Crippen molar-refractivity contribution in [3.05, 3.63) is 70.8 Å². The summed E-state index contributed by atoms with van der Waals surface area (Å²) in [5.74, 6) is 1.59. The Kier molecular flexibility index (Phi) is 7.20. The second-order valence-electron chi connectivity index (χ2n) is 8.33. The number of benzene rings is 2. The van der Waals surface area contributed by atoms with Gasteiger partial charge in [0.2, 0.25) is 0 Å². The summed E-state index contributed by atoms with van der Waals surface area (Å²) in [6.45, 7) is 2.26. The molecule has 0 amide bonds. The molecule has 0 heterocycles. The van der Waals surface area contributed by atoms with Crippen LogP contribution in [0.2, 0.25) is 0 Å². The van der Waals surface area contributed by atoms with E-state index in [1.54, 1.807) is 12.1 Å². The predicted molar refractivity (Wildman–Crippen MR) is 110 cm³/mol. The lowest BCUT2D eigenvalue weighted by Crippen LogP contribution is -2.13. The molecule has 1 saturated carbocycles. The monoisotopic (exact) mass is 388 g/mol. The van der Waals surface area contributed by atoms with E-state index in [9.17, 15) is 13.2 Å². The summed E-state index contributed by atoms with van der Waals surface area (Å²) in [4.78, 5) is 0. The van der Waals surface area contributed by atoms with Crippen LogP contribution >= 0.6 is 0 Å². The van der Waals surface area contributed by atoms with Gasteiger partial charge < -0.3 is 0 Å². The van der Waals surface area contributed by atoms with Gasteiger partial charge in [0.1, 0.15) is 0 Å².